The number of rotatable bonds is 7. The van der Waals surface area contributed by atoms with E-state index in [2.05, 4.69) is 34.6 Å². The number of aliphatic hydroxyl groups is 2. The lowest BCUT2D eigenvalue weighted by atomic mass is 9.98. The van der Waals surface area contributed by atoms with Gasteiger partial charge in [-0.2, -0.15) is 0 Å². The van der Waals surface area contributed by atoms with Gasteiger partial charge >= 0.3 is 6.09 Å². The van der Waals surface area contributed by atoms with Crippen LogP contribution in [-0.4, -0.2) is 40.5 Å². The van der Waals surface area contributed by atoms with Crippen molar-refractivity contribution in [1.29, 1.82) is 0 Å². The number of aromatic nitrogens is 1. The molecule has 1 aromatic heterocycles. The SMILES string of the molecule is O=C(NCCC(O)C(O)c1cccc2[nH]ccc12)OCC1c2ccccc2-c2ccccc21. The Bertz CT molecular complexity index is 1240. The summed E-state index contributed by atoms with van der Waals surface area (Å²) in [5.41, 5.74) is 6.22. The molecule has 4 aromatic rings. The fourth-order valence-corrected chi connectivity index (χ4v) is 4.70. The summed E-state index contributed by atoms with van der Waals surface area (Å²) >= 11 is 0. The van der Waals surface area contributed by atoms with E-state index >= 15 is 0 Å². The maximum absolute atomic E-state index is 12.3. The Kier molecular flexibility index (Phi) is 5.86. The van der Waals surface area contributed by atoms with Gasteiger partial charge in [0.1, 0.15) is 12.7 Å². The van der Waals surface area contributed by atoms with Crippen LogP contribution in [0.3, 0.4) is 0 Å². The molecule has 2 unspecified atom stereocenters. The first-order valence-electron chi connectivity index (χ1n) is 11.1. The lowest BCUT2D eigenvalue weighted by Crippen LogP contribution is -2.30. The summed E-state index contributed by atoms with van der Waals surface area (Å²) < 4.78 is 5.52. The second-order valence-corrected chi connectivity index (χ2v) is 8.34. The Morgan fingerprint density at radius 2 is 1.64 bits per heavy atom. The first-order valence-corrected chi connectivity index (χ1v) is 11.1. The van der Waals surface area contributed by atoms with Gasteiger partial charge in [0.15, 0.2) is 0 Å². The number of alkyl carbamates (subject to hydrolysis) is 1. The predicted molar refractivity (Wildman–Crippen MR) is 127 cm³/mol. The van der Waals surface area contributed by atoms with E-state index in [0.717, 1.165) is 22.0 Å². The minimum atomic E-state index is -1.05. The van der Waals surface area contributed by atoms with E-state index in [1.807, 2.05) is 42.5 Å². The number of hydrogen-bond acceptors (Lipinski definition) is 4. The maximum atomic E-state index is 12.3. The zero-order valence-electron chi connectivity index (χ0n) is 18.1. The smallest absolute Gasteiger partial charge is 0.407 e. The molecule has 0 bridgehead atoms. The van der Waals surface area contributed by atoms with Gasteiger partial charge in [-0.25, -0.2) is 4.79 Å². The first kappa shape index (κ1) is 21.2. The quantitative estimate of drug-likeness (QED) is 0.339. The summed E-state index contributed by atoms with van der Waals surface area (Å²) in [6, 6.07) is 23.8. The molecule has 3 aromatic carbocycles. The lowest BCUT2D eigenvalue weighted by Gasteiger charge is -2.19. The summed E-state index contributed by atoms with van der Waals surface area (Å²) in [4.78, 5) is 15.4. The Labute approximate surface area is 191 Å². The molecule has 2 atom stereocenters. The number of aromatic amines is 1. The normalized spacial score (nSPS) is 14.5. The van der Waals surface area contributed by atoms with Crippen LogP contribution in [0.1, 0.15) is 35.1 Å². The first-order chi connectivity index (χ1) is 16.1. The number of hydrogen-bond donors (Lipinski definition) is 4. The lowest BCUT2D eigenvalue weighted by molar-refractivity contribution is 0.0145. The minimum absolute atomic E-state index is 0.00241. The van der Waals surface area contributed by atoms with E-state index in [4.69, 9.17) is 4.74 Å². The van der Waals surface area contributed by atoms with Crippen molar-refractivity contribution in [2.24, 2.45) is 0 Å². The molecule has 6 heteroatoms. The van der Waals surface area contributed by atoms with Crippen molar-refractivity contribution in [1.82, 2.24) is 10.3 Å². The highest BCUT2D eigenvalue weighted by Gasteiger charge is 2.29. The van der Waals surface area contributed by atoms with Crippen LogP contribution >= 0.6 is 0 Å². The van der Waals surface area contributed by atoms with E-state index in [9.17, 15) is 15.0 Å². The van der Waals surface area contributed by atoms with E-state index in [1.54, 1.807) is 12.3 Å². The molecule has 168 valence electrons. The van der Waals surface area contributed by atoms with Crippen molar-refractivity contribution in [2.45, 2.75) is 24.5 Å². The number of carbonyl (C=O) groups excluding carboxylic acids is 1. The second-order valence-electron chi connectivity index (χ2n) is 8.34. The number of H-pyrrole nitrogens is 1. The highest BCUT2D eigenvalue weighted by molar-refractivity contribution is 5.83. The molecule has 1 heterocycles. The minimum Gasteiger partial charge on any atom is -0.449 e. The van der Waals surface area contributed by atoms with Gasteiger partial charge in [0.05, 0.1) is 6.10 Å². The van der Waals surface area contributed by atoms with Crippen LogP contribution in [0.15, 0.2) is 79.0 Å². The van der Waals surface area contributed by atoms with Gasteiger partial charge in [-0.1, -0.05) is 60.7 Å². The summed E-state index contributed by atoms with van der Waals surface area (Å²) in [5, 5.41) is 24.6. The molecule has 1 amide bonds. The average Bonchev–Trinajstić information content (AvgIpc) is 3.45. The van der Waals surface area contributed by atoms with Crippen molar-refractivity contribution in [3.8, 4) is 11.1 Å². The van der Waals surface area contributed by atoms with E-state index in [1.165, 1.54) is 11.1 Å². The number of carbonyl (C=O) groups is 1. The largest absolute Gasteiger partial charge is 0.449 e. The van der Waals surface area contributed by atoms with Gasteiger partial charge in [-0.15, -0.1) is 0 Å². The maximum Gasteiger partial charge on any atom is 0.407 e. The van der Waals surface area contributed by atoms with Crippen LogP contribution in [0.4, 0.5) is 4.79 Å². The third-order valence-corrected chi connectivity index (χ3v) is 6.36. The van der Waals surface area contributed by atoms with Gasteiger partial charge in [0.25, 0.3) is 0 Å². The molecule has 6 nitrogen and oxygen atoms in total. The van der Waals surface area contributed by atoms with Crippen LogP contribution in [0.2, 0.25) is 0 Å². The summed E-state index contributed by atoms with van der Waals surface area (Å²) in [6.45, 7) is 0.429. The molecule has 0 radical (unpaired) electrons. The zero-order chi connectivity index (χ0) is 22.8. The molecule has 0 saturated carbocycles. The summed E-state index contributed by atoms with van der Waals surface area (Å²) in [6.07, 6.45) is -0.600. The Balaban J connectivity index is 1.15. The van der Waals surface area contributed by atoms with Crippen LogP contribution in [0, 0.1) is 0 Å². The van der Waals surface area contributed by atoms with Crippen LogP contribution in [0.25, 0.3) is 22.0 Å². The number of amides is 1. The number of nitrogens with one attached hydrogen (secondary N) is 2. The predicted octanol–water partition coefficient (Wildman–Crippen LogP) is 4.49. The number of benzene rings is 3. The standard InChI is InChI=1S/C27H26N2O4/c30-25(26(31)22-10-5-11-24-21(22)12-14-28-24)13-15-29-27(32)33-16-23-19-8-3-1-6-17(19)18-7-2-4-9-20(18)23/h1-12,14,23,25-26,28,30-31H,13,15-16H2,(H,29,32). The van der Waals surface area contributed by atoms with E-state index in [0.29, 0.717) is 5.56 Å². The van der Waals surface area contributed by atoms with Gasteiger partial charge in [-0.05, 0) is 46.4 Å². The topological polar surface area (TPSA) is 94.6 Å². The summed E-state index contributed by atoms with van der Waals surface area (Å²) in [5.74, 6) is -0.00241. The van der Waals surface area contributed by atoms with E-state index < -0.39 is 18.3 Å². The Morgan fingerprint density at radius 1 is 0.939 bits per heavy atom. The molecule has 33 heavy (non-hydrogen) atoms. The van der Waals surface area contributed by atoms with Crippen molar-refractivity contribution >= 4 is 17.0 Å². The zero-order valence-corrected chi connectivity index (χ0v) is 18.1. The molecule has 4 N–H and O–H groups in total. The van der Waals surface area contributed by atoms with Crippen molar-refractivity contribution in [2.75, 3.05) is 13.2 Å². The number of ether oxygens (including phenoxy) is 1. The Morgan fingerprint density at radius 3 is 2.36 bits per heavy atom. The van der Waals surface area contributed by atoms with Crippen molar-refractivity contribution in [3.63, 3.8) is 0 Å². The molecule has 0 fully saturated rings. The fourth-order valence-electron chi connectivity index (χ4n) is 4.70. The molecule has 1 aliphatic carbocycles. The van der Waals surface area contributed by atoms with E-state index in [-0.39, 0.29) is 25.5 Å². The molecule has 0 saturated heterocycles. The summed E-state index contributed by atoms with van der Waals surface area (Å²) in [7, 11) is 0. The monoisotopic (exact) mass is 442 g/mol. The second kappa shape index (κ2) is 9.10. The van der Waals surface area contributed by atoms with Crippen molar-refractivity contribution < 1.29 is 19.7 Å². The van der Waals surface area contributed by atoms with Crippen LogP contribution in [0.5, 0.6) is 0 Å². The highest BCUT2D eigenvalue weighted by Crippen LogP contribution is 2.44. The molecule has 0 spiro atoms. The average molecular weight is 443 g/mol. The molecule has 1 aliphatic rings. The highest BCUT2D eigenvalue weighted by atomic mass is 16.5. The van der Waals surface area contributed by atoms with Crippen molar-refractivity contribution in [3.05, 3.63) is 95.7 Å². The van der Waals surface area contributed by atoms with Gasteiger partial charge in [0, 0.05) is 29.6 Å². The number of aliphatic hydroxyl groups excluding tert-OH is 2. The third kappa shape index (κ3) is 4.11. The fraction of sp³-hybridized carbons (Fsp3) is 0.222. The molecule has 5 rings (SSSR count). The molecular weight excluding hydrogens is 416 g/mol. The number of fused-ring (bicyclic) bond motifs is 4. The Hall–Kier alpha value is -3.61. The molecular formula is C27H26N2O4. The van der Waals surface area contributed by atoms with Gasteiger partial charge in [0.2, 0.25) is 0 Å². The third-order valence-electron chi connectivity index (χ3n) is 6.36. The van der Waals surface area contributed by atoms with Crippen LogP contribution < -0.4 is 5.32 Å². The van der Waals surface area contributed by atoms with Crippen LogP contribution in [-0.2, 0) is 4.74 Å². The van der Waals surface area contributed by atoms with Gasteiger partial charge < -0.3 is 25.3 Å². The molecule has 0 aliphatic heterocycles. The van der Waals surface area contributed by atoms with Gasteiger partial charge in [-0.3, -0.25) is 0 Å².